The molecule has 0 fully saturated rings. The number of amides is 1. The van der Waals surface area contributed by atoms with E-state index in [0.29, 0.717) is 16.5 Å². The molecule has 2 aromatic carbocycles. The topological polar surface area (TPSA) is 72.7 Å². The maximum atomic E-state index is 12.4. The molecule has 0 bridgehead atoms. The fraction of sp³-hybridized carbons (Fsp3) is 0.176. The summed E-state index contributed by atoms with van der Waals surface area (Å²) in [6.07, 6.45) is 0. The van der Waals surface area contributed by atoms with Gasteiger partial charge in [-0.15, -0.1) is 10.2 Å². The zero-order valence-corrected chi connectivity index (χ0v) is 14.0. The Morgan fingerprint density at radius 1 is 1.21 bits per heavy atom. The van der Waals surface area contributed by atoms with Gasteiger partial charge in [-0.25, -0.2) is 0 Å². The third-order valence-electron chi connectivity index (χ3n) is 3.63. The van der Waals surface area contributed by atoms with E-state index >= 15 is 0 Å². The quantitative estimate of drug-likeness (QED) is 0.788. The first-order valence-corrected chi connectivity index (χ1v) is 7.84. The largest absolute Gasteiger partial charge is 0.324 e. The van der Waals surface area contributed by atoms with Gasteiger partial charge in [-0.1, -0.05) is 41.9 Å². The minimum atomic E-state index is -0.603. The summed E-state index contributed by atoms with van der Waals surface area (Å²) in [5, 5.41) is 15.7. The first-order valence-electron chi connectivity index (χ1n) is 7.46. The summed E-state index contributed by atoms with van der Waals surface area (Å²) in [5.74, 6) is 0.251. The first kappa shape index (κ1) is 16.1. The third kappa shape index (κ3) is 3.44. The number of tetrazole rings is 1. The lowest BCUT2D eigenvalue weighted by Crippen LogP contribution is -2.25. The van der Waals surface area contributed by atoms with E-state index in [0.717, 1.165) is 11.1 Å². The molecular weight excluding hydrogens is 326 g/mol. The van der Waals surface area contributed by atoms with Gasteiger partial charge in [0.2, 0.25) is 5.82 Å². The van der Waals surface area contributed by atoms with Crippen LogP contribution in [0.15, 0.2) is 48.5 Å². The number of benzene rings is 2. The molecule has 7 heteroatoms. The lowest BCUT2D eigenvalue weighted by Gasteiger charge is -2.10. The van der Waals surface area contributed by atoms with Crippen molar-refractivity contribution in [3.8, 4) is 11.4 Å². The van der Waals surface area contributed by atoms with E-state index in [9.17, 15) is 4.79 Å². The first-order chi connectivity index (χ1) is 11.5. The number of nitrogens with one attached hydrogen (secondary N) is 1. The highest BCUT2D eigenvalue weighted by atomic mass is 35.5. The van der Waals surface area contributed by atoms with Gasteiger partial charge < -0.3 is 5.32 Å². The molecule has 0 saturated heterocycles. The van der Waals surface area contributed by atoms with E-state index in [4.69, 9.17) is 11.6 Å². The van der Waals surface area contributed by atoms with Crippen LogP contribution in [0.2, 0.25) is 5.02 Å². The van der Waals surface area contributed by atoms with E-state index in [2.05, 4.69) is 20.7 Å². The zero-order chi connectivity index (χ0) is 17.1. The molecule has 0 spiro atoms. The summed E-state index contributed by atoms with van der Waals surface area (Å²) in [6.45, 7) is 3.69. The van der Waals surface area contributed by atoms with E-state index in [-0.39, 0.29) is 5.91 Å². The van der Waals surface area contributed by atoms with Crippen molar-refractivity contribution in [1.82, 2.24) is 20.2 Å². The van der Waals surface area contributed by atoms with E-state index in [1.54, 1.807) is 31.2 Å². The van der Waals surface area contributed by atoms with Crippen LogP contribution in [0.5, 0.6) is 0 Å². The zero-order valence-electron chi connectivity index (χ0n) is 13.3. The summed E-state index contributed by atoms with van der Waals surface area (Å²) in [6, 6.07) is 14.1. The molecule has 3 rings (SSSR count). The van der Waals surface area contributed by atoms with E-state index in [1.807, 2.05) is 31.2 Å². The van der Waals surface area contributed by atoms with Crippen molar-refractivity contribution >= 4 is 23.2 Å². The Bertz CT molecular complexity index is 877. The predicted octanol–water partition coefficient (Wildman–Crippen LogP) is 3.50. The molecule has 0 radical (unpaired) electrons. The van der Waals surface area contributed by atoms with E-state index in [1.165, 1.54) is 4.80 Å². The molecule has 1 aromatic heterocycles. The smallest absolute Gasteiger partial charge is 0.250 e. The average molecular weight is 342 g/mol. The summed E-state index contributed by atoms with van der Waals surface area (Å²) in [4.78, 5) is 13.7. The Hall–Kier alpha value is -2.73. The Balaban J connectivity index is 1.77. The third-order valence-corrected chi connectivity index (χ3v) is 3.87. The highest BCUT2D eigenvalue weighted by Gasteiger charge is 2.19. The van der Waals surface area contributed by atoms with Gasteiger partial charge in [0, 0.05) is 16.3 Å². The molecule has 0 aliphatic heterocycles. The molecule has 1 amide bonds. The number of anilines is 1. The standard InChI is InChI=1S/C17H16ClN5O/c1-11-6-3-4-9-15(11)16-20-22-23(21-16)12(2)17(24)19-14-8-5-7-13(18)10-14/h3-10,12H,1-2H3,(H,19,24)/t12-/m0/s1. The van der Waals surface area contributed by atoms with Crippen LogP contribution < -0.4 is 5.32 Å². The summed E-state index contributed by atoms with van der Waals surface area (Å²) >= 11 is 5.92. The van der Waals surface area contributed by atoms with Gasteiger partial charge in [0.15, 0.2) is 0 Å². The highest BCUT2D eigenvalue weighted by molar-refractivity contribution is 6.30. The monoisotopic (exact) mass is 341 g/mol. The van der Waals surface area contributed by atoms with Crippen LogP contribution in [0.4, 0.5) is 5.69 Å². The second kappa shape index (κ2) is 6.80. The number of halogens is 1. The average Bonchev–Trinajstić information content (AvgIpc) is 3.04. The van der Waals surface area contributed by atoms with Crippen LogP contribution in [0.25, 0.3) is 11.4 Å². The molecule has 24 heavy (non-hydrogen) atoms. The van der Waals surface area contributed by atoms with Gasteiger partial charge in [-0.2, -0.15) is 4.80 Å². The van der Waals surface area contributed by atoms with Crippen molar-refractivity contribution in [1.29, 1.82) is 0 Å². The van der Waals surface area contributed by atoms with Crippen molar-refractivity contribution in [3.05, 3.63) is 59.1 Å². The van der Waals surface area contributed by atoms with Crippen LogP contribution in [-0.2, 0) is 4.79 Å². The van der Waals surface area contributed by atoms with Crippen molar-refractivity contribution in [3.63, 3.8) is 0 Å². The Morgan fingerprint density at radius 3 is 2.75 bits per heavy atom. The summed E-state index contributed by atoms with van der Waals surface area (Å²) in [5.41, 5.74) is 2.57. The predicted molar refractivity (Wildman–Crippen MR) is 92.8 cm³/mol. The van der Waals surface area contributed by atoms with Gasteiger partial charge >= 0.3 is 0 Å². The molecular formula is C17H16ClN5O. The van der Waals surface area contributed by atoms with Crippen LogP contribution in [0, 0.1) is 6.92 Å². The Kier molecular flexibility index (Phi) is 4.57. The van der Waals surface area contributed by atoms with Crippen molar-refractivity contribution in [2.45, 2.75) is 19.9 Å². The van der Waals surface area contributed by atoms with Crippen LogP contribution >= 0.6 is 11.6 Å². The molecule has 0 aliphatic rings. The minimum absolute atomic E-state index is 0.244. The summed E-state index contributed by atoms with van der Waals surface area (Å²) in [7, 11) is 0. The molecule has 1 atom stereocenters. The number of aromatic nitrogens is 4. The van der Waals surface area contributed by atoms with Crippen LogP contribution in [0.1, 0.15) is 18.5 Å². The SMILES string of the molecule is Cc1ccccc1-c1nnn([C@@H](C)C(=O)Nc2cccc(Cl)c2)n1. The molecule has 1 heterocycles. The maximum Gasteiger partial charge on any atom is 0.250 e. The molecule has 6 nitrogen and oxygen atoms in total. The lowest BCUT2D eigenvalue weighted by atomic mass is 10.1. The second-order valence-electron chi connectivity index (χ2n) is 5.42. The van der Waals surface area contributed by atoms with E-state index < -0.39 is 6.04 Å². The van der Waals surface area contributed by atoms with Crippen molar-refractivity contribution < 1.29 is 4.79 Å². The molecule has 0 aliphatic carbocycles. The Labute approximate surface area is 144 Å². The number of nitrogens with zero attached hydrogens (tertiary/aromatic N) is 4. The van der Waals surface area contributed by atoms with Crippen LogP contribution in [-0.4, -0.2) is 26.1 Å². The minimum Gasteiger partial charge on any atom is -0.324 e. The Morgan fingerprint density at radius 2 is 2.00 bits per heavy atom. The van der Waals surface area contributed by atoms with Gasteiger partial charge in [0.05, 0.1) is 0 Å². The summed E-state index contributed by atoms with van der Waals surface area (Å²) < 4.78 is 0. The molecule has 0 unspecified atom stereocenters. The second-order valence-corrected chi connectivity index (χ2v) is 5.86. The van der Waals surface area contributed by atoms with Crippen molar-refractivity contribution in [2.24, 2.45) is 0 Å². The highest BCUT2D eigenvalue weighted by Crippen LogP contribution is 2.20. The lowest BCUT2D eigenvalue weighted by molar-refractivity contribution is -0.119. The number of hydrogen-bond donors (Lipinski definition) is 1. The van der Waals surface area contributed by atoms with Gasteiger partial charge in [0.1, 0.15) is 6.04 Å². The number of aryl methyl sites for hydroxylation is 1. The fourth-order valence-electron chi connectivity index (χ4n) is 2.24. The van der Waals surface area contributed by atoms with Gasteiger partial charge in [-0.05, 0) is 42.8 Å². The number of hydrogen-bond acceptors (Lipinski definition) is 4. The number of carbonyl (C=O) groups excluding carboxylic acids is 1. The molecule has 0 saturated carbocycles. The normalized spacial score (nSPS) is 12.0. The maximum absolute atomic E-state index is 12.4. The molecule has 1 N–H and O–H groups in total. The molecule has 122 valence electrons. The van der Waals surface area contributed by atoms with Gasteiger partial charge in [-0.3, -0.25) is 4.79 Å². The van der Waals surface area contributed by atoms with Crippen LogP contribution in [0.3, 0.4) is 0 Å². The van der Waals surface area contributed by atoms with Crippen molar-refractivity contribution in [2.75, 3.05) is 5.32 Å². The fourth-order valence-corrected chi connectivity index (χ4v) is 2.43. The van der Waals surface area contributed by atoms with Gasteiger partial charge in [0.25, 0.3) is 5.91 Å². The number of carbonyl (C=O) groups is 1. The number of rotatable bonds is 4. The molecule has 3 aromatic rings.